The van der Waals surface area contributed by atoms with E-state index in [9.17, 15) is 14.7 Å². The van der Waals surface area contributed by atoms with Gasteiger partial charge in [-0.25, -0.2) is 14.3 Å². The van der Waals surface area contributed by atoms with Crippen molar-refractivity contribution in [1.82, 2.24) is 20.3 Å². The molecule has 0 saturated heterocycles. The van der Waals surface area contributed by atoms with Crippen molar-refractivity contribution in [1.29, 1.82) is 0 Å². The SMILES string of the molecule is CC(C)(C)[C@H](C(=O)O)n1cc(C2(CNC(=O)OCC3c4ccccc4-c4ccccc43)CC2)nn1. The molecule has 2 aromatic carbocycles. The monoisotopic (exact) mass is 474 g/mol. The number of aliphatic carboxylic acids is 1. The summed E-state index contributed by atoms with van der Waals surface area (Å²) in [6, 6.07) is 15.6. The molecule has 2 N–H and O–H groups in total. The molecule has 2 aliphatic carbocycles. The Kier molecular flexibility index (Phi) is 5.62. The highest BCUT2D eigenvalue weighted by atomic mass is 16.5. The number of carbonyl (C=O) groups excluding carboxylic acids is 1. The molecule has 35 heavy (non-hydrogen) atoms. The second-order valence-electron chi connectivity index (χ2n) is 10.7. The number of hydrogen-bond acceptors (Lipinski definition) is 5. The molecule has 8 nitrogen and oxygen atoms in total. The van der Waals surface area contributed by atoms with E-state index in [2.05, 4.69) is 39.9 Å². The Balaban J connectivity index is 1.22. The lowest BCUT2D eigenvalue weighted by Gasteiger charge is -2.26. The number of carboxylic acids is 1. The van der Waals surface area contributed by atoms with E-state index >= 15 is 0 Å². The first kappa shape index (κ1) is 23.1. The molecule has 182 valence electrons. The predicted octanol–water partition coefficient (Wildman–Crippen LogP) is 4.52. The maximum absolute atomic E-state index is 12.6. The molecular formula is C27H30N4O4. The Hall–Kier alpha value is -3.68. The van der Waals surface area contributed by atoms with Gasteiger partial charge in [-0.05, 0) is 40.5 Å². The molecule has 0 aliphatic heterocycles. The van der Waals surface area contributed by atoms with Gasteiger partial charge in [-0.3, -0.25) is 0 Å². The minimum absolute atomic E-state index is 0.00767. The molecule has 1 aromatic heterocycles. The predicted molar refractivity (Wildman–Crippen MR) is 130 cm³/mol. The van der Waals surface area contributed by atoms with Crippen LogP contribution in [0.1, 0.15) is 62.4 Å². The number of benzene rings is 2. The number of carbonyl (C=O) groups is 2. The molecule has 1 heterocycles. The lowest BCUT2D eigenvalue weighted by Crippen LogP contribution is -2.34. The first-order chi connectivity index (χ1) is 16.7. The Morgan fingerprint density at radius 1 is 1.11 bits per heavy atom. The van der Waals surface area contributed by atoms with Gasteiger partial charge in [0.25, 0.3) is 0 Å². The summed E-state index contributed by atoms with van der Waals surface area (Å²) in [5.41, 5.74) is 4.57. The molecule has 1 fully saturated rings. The van der Waals surface area contributed by atoms with Crippen LogP contribution in [-0.4, -0.2) is 45.3 Å². The first-order valence-electron chi connectivity index (χ1n) is 11.9. The van der Waals surface area contributed by atoms with Crippen molar-refractivity contribution in [2.75, 3.05) is 13.2 Å². The van der Waals surface area contributed by atoms with Crippen LogP contribution in [0.5, 0.6) is 0 Å². The van der Waals surface area contributed by atoms with Crippen molar-refractivity contribution in [3.05, 3.63) is 71.5 Å². The first-order valence-corrected chi connectivity index (χ1v) is 11.9. The second kappa shape index (κ2) is 8.52. The quantitative estimate of drug-likeness (QED) is 0.521. The van der Waals surface area contributed by atoms with Crippen LogP contribution in [0.15, 0.2) is 54.7 Å². The number of nitrogens with zero attached hydrogens (tertiary/aromatic N) is 3. The minimum atomic E-state index is -0.949. The number of ether oxygens (including phenoxy) is 1. The van der Waals surface area contributed by atoms with Crippen molar-refractivity contribution in [3.8, 4) is 11.1 Å². The van der Waals surface area contributed by atoms with Crippen LogP contribution >= 0.6 is 0 Å². The minimum Gasteiger partial charge on any atom is -0.480 e. The van der Waals surface area contributed by atoms with Crippen LogP contribution in [0.2, 0.25) is 0 Å². The molecule has 1 saturated carbocycles. The molecule has 1 amide bonds. The van der Waals surface area contributed by atoms with Gasteiger partial charge in [0, 0.05) is 17.9 Å². The summed E-state index contributed by atoms with van der Waals surface area (Å²) in [6.45, 7) is 6.21. The Morgan fingerprint density at radius 3 is 2.26 bits per heavy atom. The number of alkyl carbamates (subject to hydrolysis) is 1. The van der Waals surface area contributed by atoms with Crippen LogP contribution in [0.4, 0.5) is 4.79 Å². The number of nitrogens with one attached hydrogen (secondary N) is 1. The maximum atomic E-state index is 12.6. The molecule has 0 bridgehead atoms. The lowest BCUT2D eigenvalue weighted by molar-refractivity contribution is -0.144. The smallest absolute Gasteiger partial charge is 0.407 e. The van der Waals surface area contributed by atoms with Gasteiger partial charge < -0.3 is 15.2 Å². The summed E-state index contributed by atoms with van der Waals surface area (Å²) in [4.78, 5) is 24.4. The molecule has 1 atom stereocenters. The maximum Gasteiger partial charge on any atom is 0.407 e. The molecule has 2 aliphatic rings. The van der Waals surface area contributed by atoms with Gasteiger partial charge in [-0.2, -0.15) is 0 Å². The topological polar surface area (TPSA) is 106 Å². The molecule has 8 heteroatoms. The van der Waals surface area contributed by atoms with Gasteiger partial charge in [-0.1, -0.05) is 74.5 Å². The third-order valence-corrected chi connectivity index (χ3v) is 7.14. The highest BCUT2D eigenvalue weighted by molar-refractivity contribution is 5.79. The van der Waals surface area contributed by atoms with Crippen LogP contribution in [0, 0.1) is 5.41 Å². The molecule has 0 unspecified atom stereocenters. The van der Waals surface area contributed by atoms with E-state index < -0.39 is 23.5 Å². The van der Waals surface area contributed by atoms with Crippen LogP contribution < -0.4 is 5.32 Å². The molecular weight excluding hydrogens is 444 g/mol. The number of fused-ring (bicyclic) bond motifs is 3. The van der Waals surface area contributed by atoms with Crippen molar-refractivity contribution < 1.29 is 19.4 Å². The highest BCUT2D eigenvalue weighted by Crippen LogP contribution is 2.47. The van der Waals surface area contributed by atoms with E-state index in [1.54, 1.807) is 6.20 Å². The van der Waals surface area contributed by atoms with Crippen LogP contribution in [0.3, 0.4) is 0 Å². The third-order valence-electron chi connectivity index (χ3n) is 7.14. The van der Waals surface area contributed by atoms with E-state index in [0.29, 0.717) is 12.2 Å². The van der Waals surface area contributed by atoms with Gasteiger partial charge in [0.2, 0.25) is 0 Å². The standard InChI is InChI=1S/C27H30N4O4/c1-26(2,3)23(24(32)33)31-14-22(29-30-31)27(12-13-27)16-28-25(34)35-15-21-19-10-6-4-8-17(19)18-9-5-7-11-20(18)21/h4-11,14,21,23H,12-13,15-16H2,1-3H3,(H,28,34)(H,32,33)/t23-/m0/s1. The van der Waals surface area contributed by atoms with E-state index in [1.165, 1.54) is 26.9 Å². The normalized spacial score (nSPS) is 16.8. The number of carboxylic acid groups (broad SMARTS) is 1. The van der Waals surface area contributed by atoms with Crippen LogP contribution in [0.25, 0.3) is 11.1 Å². The molecule has 0 radical (unpaired) electrons. The number of aromatic nitrogens is 3. The van der Waals surface area contributed by atoms with Gasteiger partial charge in [-0.15, -0.1) is 5.10 Å². The fourth-order valence-electron chi connectivity index (χ4n) is 5.09. The molecule has 5 rings (SSSR count). The van der Waals surface area contributed by atoms with Gasteiger partial charge >= 0.3 is 12.1 Å². The van der Waals surface area contributed by atoms with E-state index in [1.807, 2.05) is 45.0 Å². The van der Waals surface area contributed by atoms with Gasteiger partial charge in [0.1, 0.15) is 6.61 Å². The zero-order valence-corrected chi connectivity index (χ0v) is 20.2. The Bertz CT molecular complexity index is 1230. The van der Waals surface area contributed by atoms with Crippen molar-refractivity contribution >= 4 is 12.1 Å². The van der Waals surface area contributed by atoms with Gasteiger partial charge in [0.15, 0.2) is 6.04 Å². The number of amides is 1. The van der Waals surface area contributed by atoms with E-state index in [4.69, 9.17) is 4.74 Å². The fourth-order valence-corrected chi connectivity index (χ4v) is 5.09. The average Bonchev–Trinajstić information content (AvgIpc) is 3.33. The summed E-state index contributed by atoms with van der Waals surface area (Å²) in [7, 11) is 0. The third kappa shape index (κ3) is 4.29. The van der Waals surface area contributed by atoms with Crippen LogP contribution in [-0.2, 0) is 14.9 Å². The Morgan fingerprint density at radius 2 is 1.71 bits per heavy atom. The van der Waals surface area contributed by atoms with Crippen molar-refractivity contribution in [2.24, 2.45) is 5.41 Å². The van der Waals surface area contributed by atoms with E-state index in [-0.39, 0.29) is 17.9 Å². The summed E-state index contributed by atoms with van der Waals surface area (Å²) in [6.07, 6.45) is 2.94. The largest absolute Gasteiger partial charge is 0.480 e. The summed E-state index contributed by atoms with van der Waals surface area (Å²) in [5.74, 6) is -0.941. The highest BCUT2D eigenvalue weighted by Gasteiger charge is 2.48. The van der Waals surface area contributed by atoms with Crippen molar-refractivity contribution in [2.45, 2.75) is 51.0 Å². The summed E-state index contributed by atoms with van der Waals surface area (Å²) in [5, 5.41) is 20.9. The van der Waals surface area contributed by atoms with Crippen molar-refractivity contribution in [3.63, 3.8) is 0 Å². The zero-order valence-electron chi connectivity index (χ0n) is 20.2. The average molecular weight is 475 g/mol. The fraction of sp³-hybridized carbons (Fsp3) is 0.407. The summed E-state index contributed by atoms with van der Waals surface area (Å²) >= 11 is 0. The van der Waals surface area contributed by atoms with Gasteiger partial charge in [0.05, 0.1) is 11.9 Å². The summed E-state index contributed by atoms with van der Waals surface area (Å²) < 4.78 is 7.07. The van der Waals surface area contributed by atoms with E-state index in [0.717, 1.165) is 12.8 Å². The number of rotatable bonds is 7. The lowest BCUT2D eigenvalue weighted by atomic mass is 9.87. The molecule has 0 spiro atoms. The second-order valence-corrected chi connectivity index (χ2v) is 10.7. The molecule has 3 aromatic rings. The Labute approximate surface area is 204 Å². The zero-order chi connectivity index (χ0) is 24.8. The number of hydrogen-bond donors (Lipinski definition) is 2.